The standard InChI is InChI=1S/C23H25N3O3S/c1-19-5-11-23(12-6-19)30(27,28)29-22-9-7-21(8-10-22)26-16-14-25(15-17-26)18-20-4-2-3-13-24-20/h2-13H,14-18H2,1H3. The molecule has 1 aliphatic heterocycles. The van der Waals surface area contributed by atoms with Gasteiger partial charge < -0.3 is 9.08 Å². The average Bonchev–Trinajstić information content (AvgIpc) is 2.76. The third kappa shape index (κ3) is 4.98. The predicted octanol–water partition coefficient (Wildman–Crippen LogP) is 3.48. The number of rotatable bonds is 6. The van der Waals surface area contributed by atoms with E-state index in [2.05, 4.69) is 20.9 Å². The van der Waals surface area contributed by atoms with Crippen LogP contribution in [0, 0.1) is 6.92 Å². The van der Waals surface area contributed by atoms with Crippen molar-refractivity contribution in [2.45, 2.75) is 18.4 Å². The van der Waals surface area contributed by atoms with Gasteiger partial charge in [-0.2, -0.15) is 8.42 Å². The number of hydrogen-bond donors (Lipinski definition) is 0. The van der Waals surface area contributed by atoms with Crippen LogP contribution in [0.25, 0.3) is 0 Å². The van der Waals surface area contributed by atoms with Gasteiger partial charge in [0.05, 0.1) is 5.69 Å². The lowest BCUT2D eigenvalue weighted by atomic mass is 10.2. The highest BCUT2D eigenvalue weighted by Crippen LogP contribution is 2.24. The van der Waals surface area contributed by atoms with Crippen LogP contribution >= 0.6 is 0 Å². The van der Waals surface area contributed by atoms with Crippen molar-refractivity contribution in [1.82, 2.24) is 9.88 Å². The van der Waals surface area contributed by atoms with E-state index in [0.717, 1.165) is 49.7 Å². The topological polar surface area (TPSA) is 62.7 Å². The molecule has 6 nitrogen and oxygen atoms in total. The third-order valence-corrected chi connectivity index (χ3v) is 6.46. The van der Waals surface area contributed by atoms with Crippen molar-refractivity contribution >= 4 is 15.8 Å². The summed E-state index contributed by atoms with van der Waals surface area (Å²) < 4.78 is 30.2. The third-order valence-electron chi connectivity index (χ3n) is 5.20. The van der Waals surface area contributed by atoms with E-state index >= 15 is 0 Å². The quantitative estimate of drug-likeness (QED) is 0.566. The van der Waals surface area contributed by atoms with Crippen LogP contribution in [-0.4, -0.2) is 44.5 Å². The van der Waals surface area contributed by atoms with Gasteiger partial charge in [0.1, 0.15) is 10.6 Å². The molecular weight excluding hydrogens is 398 g/mol. The minimum atomic E-state index is -3.83. The first-order chi connectivity index (χ1) is 14.5. The van der Waals surface area contributed by atoms with E-state index < -0.39 is 10.1 Å². The van der Waals surface area contributed by atoms with Crippen LogP contribution in [0.5, 0.6) is 5.75 Å². The van der Waals surface area contributed by atoms with Crippen LogP contribution < -0.4 is 9.08 Å². The second kappa shape index (κ2) is 8.85. The lowest BCUT2D eigenvalue weighted by molar-refractivity contribution is 0.247. The zero-order valence-corrected chi connectivity index (χ0v) is 17.8. The molecule has 1 aromatic heterocycles. The summed E-state index contributed by atoms with van der Waals surface area (Å²) in [6, 6.07) is 19.9. The van der Waals surface area contributed by atoms with Gasteiger partial charge in [-0.3, -0.25) is 9.88 Å². The number of hydrogen-bond acceptors (Lipinski definition) is 6. The van der Waals surface area contributed by atoms with Crippen molar-refractivity contribution in [2.75, 3.05) is 31.1 Å². The Hall–Kier alpha value is -2.90. The Bertz CT molecular complexity index is 1060. The van der Waals surface area contributed by atoms with E-state index in [4.69, 9.17) is 4.18 Å². The molecule has 0 aliphatic carbocycles. The molecule has 1 fully saturated rings. The summed E-state index contributed by atoms with van der Waals surface area (Å²) in [4.78, 5) is 9.24. The van der Waals surface area contributed by atoms with Gasteiger partial charge in [0.15, 0.2) is 0 Å². The molecule has 7 heteroatoms. The van der Waals surface area contributed by atoms with E-state index in [0.29, 0.717) is 5.75 Å². The second-order valence-corrected chi connectivity index (χ2v) is 8.98. The van der Waals surface area contributed by atoms with Gasteiger partial charge in [0, 0.05) is 44.6 Å². The Kier molecular flexibility index (Phi) is 6.01. The predicted molar refractivity (Wildman–Crippen MR) is 117 cm³/mol. The second-order valence-electron chi connectivity index (χ2n) is 7.43. The highest BCUT2D eigenvalue weighted by molar-refractivity contribution is 7.87. The first kappa shape index (κ1) is 20.4. The maximum atomic E-state index is 12.4. The van der Waals surface area contributed by atoms with Gasteiger partial charge in [0.2, 0.25) is 0 Å². The van der Waals surface area contributed by atoms with Crippen molar-refractivity contribution in [2.24, 2.45) is 0 Å². The summed E-state index contributed by atoms with van der Waals surface area (Å²) in [5.41, 5.74) is 3.15. The molecule has 0 N–H and O–H groups in total. The highest BCUT2D eigenvalue weighted by Gasteiger charge is 2.19. The molecule has 1 aliphatic rings. The van der Waals surface area contributed by atoms with Gasteiger partial charge in [-0.25, -0.2) is 0 Å². The Morgan fingerprint density at radius 1 is 0.900 bits per heavy atom. The molecule has 0 unspecified atom stereocenters. The first-order valence-corrected chi connectivity index (χ1v) is 11.4. The normalized spacial score (nSPS) is 15.2. The summed E-state index contributed by atoms with van der Waals surface area (Å²) in [5, 5.41) is 0. The number of benzene rings is 2. The van der Waals surface area contributed by atoms with Crippen LogP contribution in [0.15, 0.2) is 77.8 Å². The maximum absolute atomic E-state index is 12.4. The van der Waals surface area contributed by atoms with Gasteiger partial charge in [0.25, 0.3) is 0 Å². The molecule has 156 valence electrons. The Balaban J connectivity index is 1.34. The SMILES string of the molecule is Cc1ccc(S(=O)(=O)Oc2ccc(N3CCN(Cc4ccccn4)CC3)cc2)cc1. The van der Waals surface area contributed by atoms with Gasteiger partial charge in [-0.05, 0) is 55.5 Å². The monoisotopic (exact) mass is 423 g/mol. The number of aromatic nitrogens is 1. The Morgan fingerprint density at radius 3 is 2.23 bits per heavy atom. The molecule has 3 aromatic rings. The summed E-state index contributed by atoms with van der Waals surface area (Å²) in [5.74, 6) is 0.313. The fourth-order valence-corrected chi connectivity index (χ4v) is 4.41. The summed E-state index contributed by atoms with van der Waals surface area (Å²) >= 11 is 0. The fourth-order valence-electron chi connectivity index (χ4n) is 3.48. The van der Waals surface area contributed by atoms with Crippen LogP contribution in [0.3, 0.4) is 0 Å². The maximum Gasteiger partial charge on any atom is 0.339 e. The first-order valence-electron chi connectivity index (χ1n) is 9.98. The largest absolute Gasteiger partial charge is 0.379 e. The van der Waals surface area contributed by atoms with Crippen LogP contribution in [0.4, 0.5) is 5.69 Å². The van der Waals surface area contributed by atoms with E-state index in [-0.39, 0.29) is 4.90 Å². The Morgan fingerprint density at radius 2 is 1.60 bits per heavy atom. The lowest BCUT2D eigenvalue weighted by Crippen LogP contribution is -2.46. The van der Waals surface area contributed by atoms with Gasteiger partial charge in [-0.1, -0.05) is 23.8 Å². The molecule has 0 saturated carbocycles. The van der Waals surface area contributed by atoms with Crippen molar-refractivity contribution < 1.29 is 12.6 Å². The molecule has 0 amide bonds. The molecular formula is C23H25N3O3S. The molecule has 30 heavy (non-hydrogen) atoms. The molecule has 0 radical (unpaired) electrons. The average molecular weight is 424 g/mol. The van der Waals surface area contributed by atoms with Crippen LogP contribution in [0.1, 0.15) is 11.3 Å². The molecule has 4 rings (SSSR count). The van der Waals surface area contributed by atoms with E-state index in [1.807, 2.05) is 37.4 Å². The molecule has 1 saturated heterocycles. The summed E-state index contributed by atoms with van der Waals surface area (Å²) in [6.07, 6.45) is 1.83. The van der Waals surface area contributed by atoms with Crippen molar-refractivity contribution in [3.63, 3.8) is 0 Å². The van der Waals surface area contributed by atoms with Gasteiger partial charge >= 0.3 is 10.1 Å². The molecule has 0 atom stereocenters. The number of aryl methyl sites for hydroxylation is 1. The van der Waals surface area contributed by atoms with Crippen molar-refractivity contribution in [3.05, 3.63) is 84.2 Å². The van der Waals surface area contributed by atoms with Gasteiger partial charge in [-0.15, -0.1) is 0 Å². The van der Waals surface area contributed by atoms with Crippen LogP contribution in [-0.2, 0) is 16.7 Å². The number of anilines is 1. The summed E-state index contributed by atoms with van der Waals surface area (Å²) in [7, 11) is -3.83. The molecule has 2 aromatic carbocycles. The smallest absolute Gasteiger partial charge is 0.339 e. The number of piperazine rings is 1. The van der Waals surface area contributed by atoms with Crippen molar-refractivity contribution in [3.8, 4) is 5.75 Å². The molecule has 0 bridgehead atoms. The molecule has 0 spiro atoms. The van der Waals surface area contributed by atoms with E-state index in [1.54, 1.807) is 36.4 Å². The minimum absolute atomic E-state index is 0.154. The number of nitrogens with zero attached hydrogens (tertiary/aromatic N) is 3. The lowest BCUT2D eigenvalue weighted by Gasteiger charge is -2.36. The zero-order chi connectivity index (χ0) is 21.0. The highest BCUT2D eigenvalue weighted by atomic mass is 32.2. The summed E-state index contributed by atoms with van der Waals surface area (Å²) in [6.45, 7) is 6.50. The fraction of sp³-hybridized carbons (Fsp3) is 0.261. The molecule has 2 heterocycles. The van der Waals surface area contributed by atoms with E-state index in [1.165, 1.54) is 0 Å². The van der Waals surface area contributed by atoms with E-state index in [9.17, 15) is 8.42 Å². The number of pyridine rings is 1. The Labute approximate surface area is 177 Å². The van der Waals surface area contributed by atoms with Crippen LogP contribution in [0.2, 0.25) is 0 Å². The zero-order valence-electron chi connectivity index (χ0n) is 16.9. The minimum Gasteiger partial charge on any atom is -0.379 e. The van der Waals surface area contributed by atoms with Crippen molar-refractivity contribution in [1.29, 1.82) is 0 Å².